The second-order valence-corrected chi connectivity index (χ2v) is 12.5. The van der Waals surface area contributed by atoms with Crippen molar-refractivity contribution in [3.8, 4) is 0 Å². The van der Waals surface area contributed by atoms with E-state index in [2.05, 4.69) is 5.32 Å². The van der Waals surface area contributed by atoms with E-state index in [0.717, 1.165) is 54.6 Å². The fourth-order valence-corrected chi connectivity index (χ4v) is 5.98. The molecule has 2 aromatic carbocycles. The molecule has 0 bridgehead atoms. The summed E-state index contributed by atoms with van der Waals surface area (Å²) in [5.41, 5.74) is 2.14. The monoisotopic (exact) mass is 581 g/mol. The molecule has 1 aliphatic carbocycles. The van der Waals surface area contributed by atoms with Crippen molar-refractivity contribution in [3.63, 3.8) is 0 Å². The first kappa shape index (κ1) is 30.3. The van der Waals surface area contributed by atoms with Gasteiger partial charge in [-0.3, -0.25) is 13.9 Å². The second-order valence-electron chi connectivity index (χ2n) is 9.83. The molecule has 208 valence electrons. The van der Waals surface area contributed by atoms with E-state index in [-0.39, 0.29) is 18.5 Å². The zero-order valence-electron chi connectivity index (χ0n) is 22.3. The Morgan fingerprint density at radius 1 is 0.974 bits per heavy atom. The maximum Gasteiger partial charge on any atom is 0.244 e. The van der Waals surface area contributed by atoms with Crippen molar-refractivity contribution in [2.75, 3.05) is 17.1 Å². The molecule has 0 heterocycles. The molecule has 2 aromatic rings. The molecule has 0 saturated heterocycles. The lowest BCUT2D eigenvalue weighted by Crippen LogP contribution is -2.53. The summed E-state index contributed by atoms with van der Waals surface area (Å²) >= 11 is 12.3. The Morgan fingerprint density at radius 2 is 1.61 bits per heavy atom. The van der Waals surface area contributed by atoms with Crippen LogP contribution in [0.2, 0.25) is 10.0 Å². The maximum absolute atomic E-state index is 13.8. The van der Waals surface area contributed by atoms with Crippen LogP contribution in [0.1, 0.15) is 63.5 Å². The molecule has 1 saturated carbocycles. The maximum atomic E-state index is 13.8. The SMILES string of the molecule is CCc1ccc(N(CC(=O)N(Cc2ccc(Cl)c(Cl)c2)C(CC)C(=O)NC2CCCCC2)S(C)(=O)=O)cc1. The van der Waals surface area contributed by atoms with E-state index in [0.29, 0.717) is 27.7 Å². The van der Waals surface area contributed by atoms with Crippen LogP contribution in [0.4, 0.5) is 5.69 Å². The fraction of sp³-hybridized carbons (Fsp3) is 0.500. The molecule has 0 aliphatic heterocycles. The van der Waals surface area contributed by atoms with E-state index in [9.17, 15) is 18.0 Å². The summed E-state index contributed by atoms with van der Waals surface area (Å²) in [5, 5.41) is 3.85. The minimum Gasteiger partial charge on any atom is -0.352 e. The third kappa shape index (κ3) is 8.10. The lowest BCUT2D eigenvalue weighted by atomic mass is 9.95. The van der Waals surface area contributed by atoms with Crippen LogP contribution in [0.3, 0.4) is 0 Å². The summed E-state index contributed by atoms with van der Waals surface area (Å²) in [6, 6.07) is 11.4. The molecule has 3 rings (SSSR count). The molecular formula is C28H37Cl2N3O4S. The van der Waals surface area contributed by atoms with Crippen molar-refractivity contribution in [3.05, 3.63) is 63.6 Å². The molecule has 1 aliphatic rings. The smallest absolute Gasteiger partial charge is 0.244 e. The van der Waals surface area contributed by atoms with Crippen LogP contribution in [-0.2, 0) is 32.6 Å². The van der Waals surface area contributed by atoms with Crippen LogP contribution in [0.5, 0.6) is 0 Å². The third-order valence-corrected chi connectivity index (χ3v) is 8.87. The van der Waals surface area contributed by atoms with E-state index in [1.807, 2.05) is 26.0 Å². The summed E-state index contributed by atoms with van der Waals surface area (Å²) in [7, 11) is -3.78. The number of hydrogen-bond acceptors (Lipinski definition) is 4. The van der Waals surface area contributed by atoms with Gasteiger partial charge in [-0.2, -0.15) is 0 Å². The zero-order valence-corrected chi connectivity index (χ0v) is 24.6. The lowest BCUT2D eigenvalue weighted by molar-refractivity contribution is -0.140. The largest absolute Gasteiger partial charge is 0.352 e. The van der Waals surface area contributed by atoms with Gasteiger partial charge < -0.3 is 10.2 Å². The van der Waals surface area contributed by atoms with Gasteiger partial charge >= 0.3 is 0 Å². The number of anilines is 1. The number of amides is 2. The van der Waals surface area contributed by atoms with Gasteiger partial charge in [-0.25, -0.2) is 8.42 Å². The van der Waals surface area contributed by atoms with Crippen molar-refractivity contribution in [2.45, 2.75) is 77.4 Å². The Hall–Kier alpha value is -2.29. The number of nitrogens with zero attached hydrogens (tertiary/aromatic N) is 2. The number of hydrogen-bond donors (Lipinski definition) is 1. The van der Waals surface area contributed by atoms with Crippen molar-refractivity contribution in [1.29, 1.82) is 0 Å². The first-order valence-electron chi connectivity index (χ1n) is 13.1. The first-order valence-corrected chi connectivity index (χ1v) is 15.7. The van der Waals surface area contributed by atoms with E-state index < -0.39 is 28.5 Å². The number of halogens is 2. The van der Waals surface area contributed by atoms with Crippen LogP contribution in [0.15, 0.2) is 42.5 Å². The number of sulfonamides is 1. The van der Waals surface area contributed by atoms with Crippen molar-refractivity contribution < 1.29 is 18.0 Å². The Labute approximate surface area is 236 Å². The minimum atomic E-state index is -3.78. The van der Waals surface area contributed by atoms with Crippen molar-refractivity contribution in [2.24, 2.45) is 0 Å². The molecule has 10 heteroatoms. The number of carbonyl (C=O) groups excluding carboxylic acids is 2. The van der Waals surface area contributed by atoms with Crippen LogP contribution in [0.25, 0.3) is 0 Å². The molecule has 38 heavy (non-hydrogen) atoms. The number of rotatable bonds is 11. The van der Waals surface area contributed by atoms with Crippen LogP contribution in [0, 0.1) is 0 Å². The molecule has 2 amide bonds. The number of carbonyl (C=O) groups is 2. The minimum absolute atomic E-state index is 0.0804. The lowest BCUT2D eigenvalue weighted by Gasteiger charge is -2.34. The van der Waals surface area contributed by atoms with Gasteiger partial charge in [0.2, 0.25) is 21.8 Å². The quantitative estimate of drug-likeness (QED) is 0.375. The van der Waals surface area contributed by atoms with Crippen LogP contribution in [-0.4, -0.2) is 50.0 Å². The molecule has 1 fully saturated rings. The number of aryl methyl sites for hydroxylation is 1. The van der Waals surface area contributed by atoms with Crippen LogP contribution >= 0.6 is 23.2 Å². The van der Waals surface area contributed by atoms with Crippen LogP contribution < -0.4 is 9.62 Å². The van der Waals surface area contributed by atoms with Gasteiger partial charge in [0, 0.05) is 12.6 Å². The highest BCUT2D eigenvalue weighted by molar-refractivity contribution is 7.92. The summed E-state index contributed by atoms with van der Waals surface area (Å²) < 4.78 is 26.6. The third-order valence-electron chi connectivity index (χ3n) is 6.99. The summed E-state index contributed by atoms with van der Waals surface area (Å²) in [6.45, 7) is 3.51. The number of nitrogens with one attached hydrogen (secondary N) is 1. The Kier molecular flexibility index (Phi) is 10.9. The van der Waals surface area contributed by atoms with E-state index >= 15 is 0 Å². The summed E-state index contributed by atoms with van der Waals surface area (Å²) in [4.78, 5) is 28.7. The van der Waals surface area contributed by atoms with E-state index in [1.54, 1.807) is 30.3 Å². The molecule has 0 spiro atoms. The van der Waals surface area contributed by atoms with Gasteiger partial charge in [0.15, 0.2) is 0 Å². The topological polar surface area (TPSA) is 86.8 Å². The Bertz CT molecular complexity index is 1220. The Balaban J connectivity index is 1.92. The van der Waals surface area contributed by atoms with Gasteiger partial charge in [-0.15, -0.1) is 0 Å². The predicted octanol–water partition coefficient (Wildman–Crippen LogP) is 5.58. The first-order chi connectivity index (χ1) is 18.0. The average Bonchev–Trinajstić information content (AvgIpc) is 2.89. The van der Waals surface area contributed by atoms with E-state index in [4.69, 9.17) is 23.2 Å². The number of benzene rings is 2. The Morgan fingerprint density at radius 3 is 2.16 bits per heavy atom. The zero-order chi connectivity index (χ0) is 27.9. The van der Waals surface area contributed by atoms with Gasteiger partial charge in [0.25, 0.3) is 0 Å². The van der Waals surface area contributed by atoms with Crippen molar-refractivity contribution in [1.82, 2.24) is 10.2 Å². The standard InChI is InChI=1S/C28H37Cl2N3O4S/c1-4-20-11-14-23(15-12-20)33(38(3,36)37)19-27(34)32(18-21-13-16-24(29)25(30)17-21)26(5-2)28(35)31-22-9-7-6-8-10-22/h11-17,22,26H,4-10,18-19H2,1-3H3,(H,31,35). The molecule has 1 atom stereocenters. The second kappa shape index (κ2) is 13.7. The molecule has 7 nitrogen and oxygen atoms in total. The highest BCUT2D eigenvalue weighted by atomic mass is 35.5. The molecular weight excluding hydrogens is 545 g/mol. The molecule has 0 radical (unpaired) electrons. The van der Waals surface area contributed by atoms with Gasteiger partial charge in [-0.1, -0.05) is 74.5 Å². The summed E-state index contributed by atoms with van der Waals surface area (Å²) in [6.07, 6.45) is 7.37. The molecule has 0 aromatic heterocycles. The highest BCUT2D eigenvalue weighted by Gasteiger charge is 2.33. The normalized spacial score (nSPS) is 15.1. The van der Waals surface area contributed by atoms with Gasteiger partial charge in [-0.05, 0) is 61.1 Å². The predicted molar refractivity (Wildman–Crippen MR) is 154 cm³/mol. The summed E-state index contributed by atoms with van der Waals surface area (Å²) in [5.74, 6) is -0.710. The molecule has 1 N–H and O–H groups in total. The van der Waals surface area contributed by atoms with Gasteiger partial charge in [0.1, 0.15) is 12.6 Å². The van der Waals surface area contributed by atoms with Gasteiger partial charge in [0.05, 0.1) is 22.0 Å². The highest BCUT2D eigenvalue weighted by Crippen LogP contribution is 2.25. The molecule has 1 unspecified atom stereocenters. The average molecular weight is 583 g/mol. The van der Waals surface area contributed by atoms with E-state index in [1.165, 1.54) is 4.90 Å². The van der Waals surface area contributed by atoms with Crippen molar-refractivity contribution >= 4 is 50.7 Å². The fourth-order valence-electron chi connectivity index (χ4n) is 4.81.